The fraction of sp³-hybridized carbons (Fsp3) is 0.667. The van der Waals surface area contributed by atoms with E-state index in [1.807, 2.05) is 0 Å². The summed E-state index contributed by atoms with van der Waals surface area (Å²) in [5, 5.41) is 6.85. The Morgan fingerprint density at radius 2 is 2.36 bits per heavy atom. The van der Waals surface area contributed by atoms with Crippen molar-refractivity contribution in [3.63, 3.8) is 0 Å². The molecule has 1 heterocycles. The SMILES string of the molecule is CCCCNCc1ccn(C(F)F)n1. The van der Waals surface area contributed by atoms with Gasteiger partial charge in [0.25, 0.3) is 0 Å². The average Bonchev–Trinajstić information content (AvgIpc) is 2.61. The molecule has 0 spiro atoms. The number of rotatable bonds is 6. The molecule has 0 saturated heterocycles. The summed E-state index contributed by atoms with van der Waals surface area (Å²) >= 11 is 0. The van der Waals surface area contributed by atoms with Crippen molar-refractivity contribution >= 4 is 0 Å². The van der Waals surface area contributed by atoms with Gasteiger partial charge in [-0.1, -0.05) is 13.3 Å². The maximum absolute atomic E-state index is 12.1. The van der Waals surface area contributed by atoms with Crippen molar-refractivity contribution in [2.24, 2.45) is 0 Å². The Bertz CT molecular complexity index is 260. The maximum Gasteiger partial charge on any atom is 0.333 e. The van der Waals surface area contributed by atoms with E-state index in [-0.39, 0.29) is 0 Å². The van der Waals surface area contributed by atoms with Crippen LogP contribution in [0.5, 0.6) is 0 Å². The van der Waals surface area contributed by atoms with Crippen LogP contribution < -0.4 is 5.32 Å². The van der Waals surface area contributed by atoms with Crippen LogP contribution in [-0.2, 0) is 6.54 Å². The molecule has 1 aromatic heterocycles. The van der Waals surface area contributed by atoms with Gasteiger partial charge in [-0.25, -0.2) is 4.68 Å². The molecule has 0 saturated carbocycles. The Hall–Kier alpha value is -0.970. The molecule has 14 heavy (non-hydrogen) atoms. The summed E-state index contributed by atoms with van der Waals surface area (Å²) in [6, 6.07) is 1.60. The van der Waals surface area contributed by atoms with Gasteiger partial charge in [0.05, 0.1) is 5.69 Å². The van der Waals surface area contributed by atoms with E-state index in [1.54, 1.807) is 6.07 Å². The van der Waals surface area contributed by atoms with E-state index >= 15 is 0 Å². The van der Waals surface area contributed by atoms with E-state index in [0.29, 0.717) is 16.9 Å². The molecule has 0 unspecified atom stereocenters. The van der Waals surface area contributed by atoms with E-state index in [4.69, 9.17) is 0 Å². The Morgan fingerprint density at radius 3 is 2.93 bits per heavy atom. The summed E-state index contributed by atoms with van der Waals surface area (Å²) in [6.45, 7) is 1.02. The lowest BCUT2D eigenvalue weighted by atomic mass is 10.3. The topological polar surface area (TPSA) is 29.9 Å². The average molecular weight is 203 g/mol. The van der Waals surface area contributed by atoms with Crippen molar-refractivity contribution in [1.82, 2.24) is 15.1 Å². The van der Waals surface area contributed by atoms with E-state index in [0.717, 1.165) is 19.4 Å². The zero-order valence-electron chi connectivity index (χ0n) is 8.21. The summed E-state index contributed by atoms with van der Waals surface area (Å²) in [7, 11) is 0. The molecule has 1 N–H and O–H groups in total. The zero-order valence-corrected chi connectivity index (χ0v) is 8.21. The van der Waals surface area contributed by atoms with Crippen molar-refractivity contribution in [3.8, 4) is 0 Å². The molecule has 3 nitrogen and oxygen atoms in total. The standard InChI is InChI=1S/C9H15F2N3/c1-2-3-5-12-7-8-4-6-14(13-8)9(10)11/h4,6,9,12H,2-3,5,7H2,1H3. The van der Waals surface area contributed by atoms with Crippen LogP contribution in [-0.4, -0.2) is 16.3 Å². The minimum absolute atomic E-state index is 0.555. The lowest BCUT2D eigenvalue weighted by Gasteiger charge is -2.00. The van der Waals surface area contributed by atoms with Gasteiger partial charge in [0.1, 0.15) is 0 Å². The summed E-state index contributed by atoms with van der Waals surface area (Å²) < 4.78 is 24.9. The highest BCUT2D eigenvalue weighted by atomic mass is 19.3. The quantitative estimate of drug-likeness (QED) is 0.718. The number of aromatic nitrogens is 2. The highest BCUT2D eigenvalue weighted by Gasteiger charge is 2.06. The lowest BCUT2D eigenvalue weighted by Crippen LogP contribution is -2.15. The smallest absolute Gasteiger partial charge is 0.311 e. The van der Waals surface area contributed by atoms with E-state index in [1.165, 1.54) is 6.20 Å². The largest absolute Gasteiger partial charge is 0.333 e. The van der Waals surface area contributed by atoms with Crippen molar-refractivity contribution < 1.29 is 8.78 Å². The van der Waals surface area contributed by atoms with E-state index < -0.39 is 6.55 Å². The number of hydrogen-bond acceptors (Lipinski definition) is 2. The van der Waals surface area contributed by atoms with Crippen LogP contribution in [0.15, 0.2) is 12.3 Å². The molecule has 0 aliphatic rings. The van der Waals surface area contributed by atoms with Crippen LogP contribution in [0.2, 0.25) is 0 Å². The van der Waals surface area contributed by atoms with Gasteiger partial charge < -0.3 is 5.32 Å². The summed E-state index contributed by atoms with van der Waals surface area (Å²) in [5.74, 6) is 0. The Kier molecular flexibility index (Phi) is 4.52. The van der Waals surface area contributed by atoms with Gasteiger partial charge in [-0.3, -0.25) is 0 Å². The third-order valence-corrected chi connectivity index (χ3v) is 1.88. The second kappa shape index (κ2) is 5.70. The Balaban J connectivity index is 2.29. The van der Waals surface area contributed by atoms with Gasteiger partial charge >= 0.3 is 6.55 Å². The van der Waals surface area contributed by atoms with Crippen molar-refractivity contribution in [1.29, 1.82) is 0 Å². The number of alkyl halides is 2. The first-order chi connectivity index (χ1) is 6.74. The fourth-order valence-electron chi connectivity index (χ4n) is 1.10. The van der Waals surface area contributed by atoms with Crippen molar-refractivity contribution in [2.75, 3.05) is 6.54 Å². The highest BCUT2D eigenvalue weighted by Crippen LogP contribution is 2.08. The van der Waals surface area contributed by atoms with Crippen LogP contribution in [0.3, 0.4) is 0 Å². The number of unbranched alkanes of at least 4 members (excludes halogenated alkanes) is 1. The molecule has 0 amide bonds. The van der Waals surface area contributed by atoms with Crippen LogP contribution in [0.1, 0.15) is 32.0 Å². The second-order valence-electron chi connectivity index (χ2n) is 3.10. The van der Waals surface area contributed by atoms with Gasteiger partial charge in [0.15, 0.2) is 0 Å². The van der Waals surface area contributed by atoms with Gasteiger partial charge in [-0.2, -0.15) is 13.9 Å². The van der Waals surface area contributed by atoms with Crippen molar-refractivity contribution in [3.05, 3.63) is 18.0 Å². The summed E-state index contributed by atoms with van der Waals surface area (Å²) in [4.78, 5) is 0. The number of nitrogens with zero attached hydrogens (tertiary/aromatic N) is 2. The molecule has 0 bridgehead atoms. The van der Waals surface area contributed by atoms with Crippen molar-refractivity contribution in [2.45, 2.75) is 32.9 Å². The molecule has 0 atom stereocenters. The number of halogens is 2. The highest BCUT2D eigenvalue weighted by molar-refractivity contribution is 4.98. The molecular weight excluding hydrogens is 188 g/mol. The number of hydrogen-bond donors (Lipinski definition) is 1. The van der Waals surface area contributed by atoms with Crippen LogP contribution in [0.25, 0.3) is 0 Å². The maximum atomic E-state index is 12.1. The molecule has 0 radical (unpaired) electrons. The summed E-state index contributed by atoms with van der Waals surface area (Å²) in [5.41, 5.74) is 0.654. The first-order valence-corrected chi connectivity index (χ1v) is 4.77. The minimum Gasteiger partial charge on any atom is -0.311 e. The second-order valence-corrected chi connectivity index (χ2v) is 3.10. The predicted molar refractivity (Wildman–Crippen MR) is 50.1 cm³/mol. The van der Waals surface area contributed by atoms with Gasteiger partial charge in [-0.05, 0) is 19.0 Å². The predicted octanol–water partition coefficient (Wildman–Crippen LogP) is 2.17. The fourth-order valence-corrected chi connectivity index (χ4v) is 1.10. The number of nitrogens with one attached hydrogen (secondary N) is 1. The minimum atomic E-state index is -2.54. The lowest BCUT2D eigenvalue weighted by molar-refractivity contribution is 0.0561. The molecule has 5 heteroatoms. The third kappa shape index (κ3) is 3.41. The molecule has 0 aliphatic carbocycles. The zero-order chi connectivity index (χ0) is 10.4. The Labute approximate surface area is 82.1 Å². The van der Waals surface area contributed by atoms with E-state index in [2.05, 4.69) is 17.3 Å². The van der Waals surface area contributed by atoms with Gasteiger partial charge in [0.2, 0.25) is 0 Å². The van der Waals surface area contributed by atoms with E-state index in [9.17, 15) is 8.78 Å². The van der Waals surface area contributed by atoms with Gasteiger partial charge in [0, 0.05) is 12.7 Å². The summed E-state index contributed by atoms with van der Waals surface area (Å²) in [6.07, 6.45) is 3.51. The first-order valence-electron chi connectivity index (χ1n) is 4.77. The molecule has 1 aromatic rings. The monoisotopic (exact) mass is 203 g/mol. The van der Waals surface area contributed by atoms with Gasteiger partial charge in [-0.15, -0.1) is 0 Å². The molecule has 80 valence electrons. The van der Waals surface area contributed by atoms with Crippen LogP contribution >= 0.6 is 0 Å². The molecule has 0 aliphatic heterocycles. The van der Waals surface area contributed by atoms with Crippen LogP contribution in [0.4, 0.5) is 8.78 Å². The normalized spacial score (nSPS) is 11.1. The third-order valence-electron chi connectivity index (χ3n) is 1.88. The molecular formula is C9H15F2N3. The van der Waals surface area contributed by atoms with Crippen LogP contribution in [0, 0.1) is 0 Å². The first kappa shape index (κ1) is 11.1. The Morgan fingerprint density at radius 1 is 1.57 bits per heavy atom. The molecule has 0 aromatic carbocycles. The molecule has 0 fully saturated rings. The molecule has 1 rings (SSSR count).